The maximum absolute atomic E-state index is 12.0. The van der Waals surface area contributed by atoms with Gasteiger partial charge in [-0.15, -0.1) is 5.10 Å². The molecule has 0 aliphatic rings. The van der Waals surface area contributed by atoms with E-state index >= 15 is 0 Å². The molecule has 0 spiro atoms. The van der Waals surface area contributed by atoms with E-state index in [1.807, 2.05) is 0 Å². The normalized spacial score (nSPS) is 10.4. The third-order valence-corrected chi connectivity index (χ3v) is 2.86. The lowest BCUT2D eigenvalue weighted by Crippen LogP contribution is -2.14. The number of amides is 1. The Bertz CT molecular complexity index is 609. The molecule has 0 saturated heterocycles. The van der Waals surface area contributed by atoms with Crippen molar-refractivity contribution in [2.75, 3.05) is 11.1 Å². The van der Waals surface area contributed by atoms with Crippen molar-refractivity contribution < 1.29 is 9.21 Å². The van der Waals surface area contributed by atoms with E-state index in [2.05, 4.69) is 31.4 Å². The molecule has 0 unspecified atom stereocenters. The fourth-order valence-corrected chi connectivity index (χ4v) is 1.92. The lowest BCUT2D eigenvalue weighted by atomic mass is 10.1. The van der Waals surface area contributed by atoms with Crippen LogP contribution in [0.5, 0.6) is 0 Å². The second-order valence-electron chi connectivity index (χ2n) is 3.75. The number of aryl methyl sites for hydroxylation is 1. The summed E-state index contributed by atoms with van der Waals surface area (Å²) in [6, 6.07) is 3.49. The quantitative estimate of drug-likeness (QED) is 0.830. The van der Waals surface area contributed by atoms with Crippen molar-refractivity contribution in [1.82, 2.24) is 10.2 Å². The number of carbonyl (C=O) groups excluding carboxylic acids is 1. The second kappa shape index (κ2) is 4.77. The maximum Gasteiger partial charge on any atom is 0.322 e. The number of halogens is 1. The van der Waals surface area contributed by atoms with Gasteiger partial charge in [0.2, 0.25) is 5.89 Å². The summed E-state index contributed by atoms with van der Waals surface area (Å²) in [6.45, 7) is 3.42. The summed E-state index contributed by atoms with van der Waals surface area (Å²) in [5.74, 6) is 0.0416. The van der Waals surface area contributed by atoms with Crippen molar-refractivity contribution >= 4 is 33.5 Å². The zero-order valence-corrected chi connectivity index (χ0v) is 11.4. The lowest BCUT2D eigenvalue weighted by Gasteiger charge is -2.08. The monoisotopic (exact) mass is 310 g/mol. The Labute approximate surface area is 112 Å². The number of carbonyl (C=O) groups is 1. The highest BCUT2D eigenvalue weighted by Gasteiger charge is 2.14. The predicted molar refractivity (Wildman–Crippen MR) is 70.3 cm³/mol. The highest BCUT2D eigenvalue weighted by molar-refractivity contribution is 9.10. The SMILES string of the molecule is Cc1nnc(NC(=O)c2cc(Br)cc(N)c2C)o1. The highest BCUT2D eigenvalue weighted by atomic mass is 79.9. The molecular weight excluding hydrogens is 300 g/mol. The first-order chi connectivity index (χ1) is 8.47. The van der Waals surface area contributed by atoms with Crippen LogP contribution in [0, 0.1) is 13.8 Å². The van der Waals surface area contributed by atoms with Gasteiger partial charge < -0.3 is 10.2 Å². The Morgan fingerprint density at radius 2 is 2.11 bits per heavy atom. The van der Waals surface area contributed by atoms with Crippen LogP contribution in [-0.2, 0) is 0 Å². The molecule has 94 valence electrons. The molecule has 2 rings (SSSR count). The van der Waals surface area contributed by atoms with Crippen LogP contribution in [0.2, 0.25) is 0 Å². The molecule has 7 heteroatoms. The minimum absolute atomic E-state index is 0.0652. The summed E-state index contributed by atoms with van der Waals surface area (Å²) < 4.78 is 5.81. The molecule has 0 aliphatic heterocycles. The van der Waals surface area contributed by atoms with Crippen LogP contribution in [0.15, 0.2) is 21.0 Å². The standard InChI is InChI=1S/C11H11BrN4O2/c1-5-8(3-7(12)4-9(5)13)10(17)14-11-16-15-6(2)18-11/h3-4H,13H2,1-2H3,(H,14,16,17). The van der Waals surface area contributed by atoms with Crippen molar-refractivity contribution in [2.24, 2.45) is 0 Å². The first-order valence-corrected chi connectivity index (χ1v) is 5.93. The average molecular weight is 311 g/mol. The van der Waals surface area contributed by atoms with Crippen LogP contribution in [0.3, 0.4) is 0 Å². The summed E-state index contributed by atoms with van der Waals surface area (Å²) in [7, 11) is 0. The van der Waals surface area contributed by atoms with Gasteiger partial charge in [-0.1, -0.05) is 21.0 Å². The average Bonchev–Trinajstić information content (AvgIpc) is 2.69. The smallest absolute Gasteiger partial charge is 0.322 e. The Kier molecular flexibility index (Phi) is 3.33. The first-order valence-electron chi connectivity index (χ1n) is 5.14. The van der Waals surface area contributed by atoms with Gasteiger partial charge in [0.05, 0.1) is 0 Å². The van der Waals surface area contributed by atoms with E-state index in [0.29, 0.717) is 22.7 Å². The summed E-state index contributed by atoms with van der Waals surface area (Å²) in [5, 5.41) is 9.84. The molecular formula is C11H11BrN4O2. The van der Waals surface area contributed by atoms with E-state index in [4.69, 9.17) is 10.2 Å². The number of hydrogen-bond donors (Lipinski definition) is 2. The minimum atomic E-state index is -0.343. The Morgan fingerprint density at radius 1 is 1.39 bits per heavy atom. The Morgan fingerprint density at radius 3 is 2.72 bits per heavy atom. The Balaban J connectivity index is 2.29. The summed E-state index contributed by atoms with van der Waals surface area (Å²) in [6.07, 6.45) is 0. The zero-order valence-electron chi connectivity index (χ0n) is 9.82. The molecule has 0 aliphatic carbocycles. The number of benzene rings is 1. The fourth-order valence-electron chi connectivity index (χ4n) is 1.45. The molecule has 3 N–H and O–H groups in total. The van der Waals surface area contributed by atoms with E-state index in [1.165, 1.54) is 0 Å². The third-order valence-electron chi connectivity index (χ3n) is 2.40. The molecule has 1 amide bonds. The summed E-state index contributed by atoms with van der Waals surface area (Å²) in [4.78, 5) is 12.0. The first kappa shape index (κ1) is 12.6. The lowest BCUT2D eigenvalue weighted by molar-refractivity contribution is 0.102. The number of hydrogen-bond acceptors (Lipinski definition) is 5. The van der Waals surface area contributed by atoms with Gasteiger partial charge in [0.1, 0.15) is 0 Å². The van der Waals surface area contributed by atoms with Gasteiger partial charge in [-0.2, -0.15) is 0 Å². The van der Waals surface area contributed by atoms with Gasteiger partial charge in [-0.05, 0) is 24.6 Å². The van der Waals surface area contributed by atoms with Gasteiger partial charge >= 0.3 is 6.01 Å². The van der Waals surface area contributed by atoms with E-state index in [0.717, 1.165) is 4.47 Å². The Hall–Kier alpha value is -1.89. The minimum Gasteiger partial charge on any atom is -0.408 e. The van der Waals surface area contributed by atoms with Crippen molar-refractivity contribution in [1.29, 1.82) is 0 Å². The van der Waals surface area contributed by atoms with Gasteiger partial charge in [0.25, 0.3) is 5.91 Å². The van der Waals surface area contributed by atoms with E-state index in [-0.39, 0.29) is 11.9 Å². The number of nitrogen functional groups attached to an aromatic ring is 1. The van der Waals surface area contributed by atoms with Crippen molar-refractivity contribution in [2.45, 2.75) is 13.8 Å². The van der Waals surface area contributed by atoms with Gasteiger partial charge in [-0.3, -0.25) is 10.1 Å². The number of aromatic nitrogens is 2. The molecule has 0 radical (unpaired) electrons. The van der Waals surface area contributed by atoms with Crippen molar-refractivity contribution in [3.8, 4) is 0 Å². The van der Waals surface area contributed by atoms with E-state index in [9.17, 15) is 4.79 Å². The summed E-state index contributed by atoms with van der Waals surface area (Å²) >= 11 is 3.29. The molecule has 1 heterocycles. The second-order valence-corrected chi connectivity index (χ2v) is 4.66. The van der Waals surface area contributed by atoms with Crippen LogP contribution in [0.1, 0.15) is 21.8 Å². The molecule has 0 fully saturated rings. The molecule has 2 aromatic rings. The van der Waals surface area contributed by atoms with Crippen molar-refractivity contribution in [3.63, 3.8) is 0 Å². The molecule has 18 heavy (non-hydrogen) atoms. The molecule has 0 saturated carbocycles. The van der Waals surface area contributed by atoms with Crippen LogP contribution in [0.25, 0.3) is 0 Å². The number of nitrogens with one attached hydrogen (secondary N) is 1. The van der Waals surface area contributed by atoms with Crippen LogP contribution < -0.4 is 11.1 Å². The number of anilines is 2. The van der Waals surface area contributed by atoms with Gasteiger partial charge in [0, 0.05) is 22.6 Å². The molecule has 1 aromatic carbocycles. The van der Waals surface area contributed by atoms with Crippen LogP contribution >= 0.6 is 15.9 Å². The molecule has 0 bridgehead atoms. The fraction of sp³-hybridized carbons (Fsp3) is 0.182. The maximum atomic E-state index is 12.0. The number of rotatable bonds is 2. The van der Waals surface area contributed by atoms with E-state index < -0.39 is 0 Å². The van der Waals surface area contributed by atoms with E-state index in [1.54, 1.807) is 26.0 Å². The van der Waals surface area contributed by atoms with Crippen LogP contribution in [0.4, 0.5) is 11.7 Å². The van der Waals surface area contributed by atoms with Crippen LogP contribution in [-0.4, -0.2) is 16.1 Å². The predicted octanol–water partition coefficient (Wildman–Crippen LogP) is 2.28. The van der Waals surface area contributed by atoms with Gasteiger partial charge in [0.15, 0.2) is 0 Å². The number of nitrogens with two attached hydrogens (primary N) is 1. The summed E-state index contributed by atoms with van der Waals surface area (Å²) in [5.41, 5.74) is 7.49. The van der Waals surface area contributed by atoms with Gasteiger partial charge in [-0.25, -0.2) is 0 Å². The van der Waals surface area contributed by atoms with Crippen molar-refractivity contribution in [3.05, 3.63) is 33.6 Å². The molecule has 1 aromatic heterocycles. The molecule has 6 nitrogen and oxygen atoms in total. The zero-order chi connectivity index (χ0) is 13.3. The molecule has 0 atom stereocenters. The largest absolute Gasteiger partial charge is 0.408 e. The number of nitrogens with zero attached hydrogens (tertiary/aromatic N) is 2. The highest BCUT2D eigenvalue weighted by Crippen LogP contribution is 2.23. The topological polar surface area (TPSA) is 94.0 Å². The third kappa shape index (κ3) is 2.51.